The summed E-state index contributed by atoms with van der Waals surface area (Å²) in [6.45, 7) is 1.76. The zero-order valence-corrected chi connectivity index (χ0v) is 8.64. The third-order valence-corrected chi connectivity index (χ3v) is 3.28. The molecule has 0 aromatic carbocycles. The van der Waals surface area contributed by atoms with Crippen molar-refractivity contribution in [2.24, 2.45) is 0 Å². The monoisotopic (exact) mass is 227 g/mol. The van der Waals surface area contributed by atoms with Crippen LogP contribution < -0.4 is 0 Å². The topological polar surface area (TPSA) is 63.7 Å². The van der Waals surface area contributed by atoms with Gasteiger partial charge in [-0.3, -0.25) is 4.79 Å². The standard InChI is InChI=1S/C6H10ClNO4S/c1-5(9)12-6-2-3-8(4-6)13(7,10)11/h6H,2-4H2,1H3. The van der Waals surface area contributed by atoms with Crippen LogP contribution in [-0.2, 0) is 18.8 Å². The molecular weight excluding hydrogens is 218 g/mol. The maximum absolute atomic E-state index is 10.8. The summed E-state index contributed by atoms with van der Waals surface area (Å²) < 4.78 is 27.5. The fourth-order valence-corrected chi connectivity index (χ4v) is 2.27. The van der Waals surface area contributed by atoms with Gasteiger partial charge in [0.15, 0.2) is 0 Å². The van der Waals surface area contributed by atoms with E-state index in [9.17, 15) is 13.2 Å². The summed E-state index contributed by atoms with van der Waals surface area (Å²) >= 11 is 0. The highest BCUT2D eigenvalue weighted by Crippen LogP contribution is 2.18. The van der Waals surface area contributed by atoms with E-state index < -0.39 is 15.2 Å². The van der Waals surface area contributed by atoms with Crippen LogP contribution in [0.2, 0.25) is 0 Å². The Labute approximate surface area is 81.2 Å². The molecule has 7 heteroatoms. The molecule has 0 N–H and O–H groups in total. The van der Waals surface area contributed by atoms with Crippen molar-refractivity contribution in [3.05, 3.63) is 0 Å². The zero-order chi connectivity index (χ0) is 10.1. The summed E-state index contributed by atoms with van der Waals surface area (Å²) in [5, 5.41) is 0. The lowest BCUT2D eigenvalue weighted by molar-refractivity contribution is -0.145. The van der Waals surface area contributed by atoms with Crippen LogP contribution in [0.1, 0.15) is 13.3 Å². The van der Waals surface area contributed by atoms with Crippen molar-refractivity contribution in [2.75, 3.05) is 13.1 Å². The van der Waals surface area contributed by atoms with Crippen LogP contribution in [0.15, 0.2) is 0 Å². The summed E-state index contributed by atoms with van der Waals surface area (Å²) in [4.78, 5) is 10.5. The molecule has 1 rings (SSSR count). The van der Waals surface area contributed by atoms with E-state index in [0.29, 0.717) is 13.0 Å². The van der Waals surface area contributed by atoms with E-state index in [2.05, 4.69) is 0 Å². The Bertz CT molecular complexity index is 302. The molecule has 0 aliphatic carbocycles. The average Bonchev–Trinajstić information content (AvgIpc) is 2.32. The highest BCUT2D eigenvalue weighted by molar-refractivity contribution is 8.11. The van der Waals surface area contributed by atoms with Gasteiger partial charge in [0.25, 0.3) is 9.24 Å². The van der Waals surface area contributed by atoms with Gasteiger partial charge in [-0.2, -0.15) is 12.7 Å². The molecule has 0 saturated carbocycles. The second-order valence-electron chi connectivity index (χ2n) is 2.82. The zero-order valence-electron chi connectivity index (χ0n) is 7.07. The first-order valence-electron chi connectivity index (χ1n) is 3.76. The molecule has 5 nitrogen and oxygen atoms in total. The number of carbonyl (C=O) groups is 1. The minimum Gasteiger partial charge on any atom is -0.461 e. The summed E-state index contributed by atoms with van der Waals surface area (Å²) in [7, 11) is 1.44. The van der Waals surface area contributed by atoms with Crippen LogP contribution in [0, 0.1) is 0 Å². The van der Waals surface area contributed by atoms with Gasteiger partial charge in [0, 0.05) is 24.2 Å². The van der Waals surface area contributed by atoms with Crippen LogP contribution in [-0.4, -0.2) is 37.9 Å². The molecule has 1 fully saturated rings. The van der Waals surface area contributed by atoms with Gasteiger partial charge in [-0.15, -0.1) is 0 Å². The number of hydrogen-bond acceptors (Lipinski definition) is 4. The van der Waals surface area contributed by atoms with E-state index in [1.54, 1.807) is 0 Å². The lowest BCUT2D eigenvalue weighted by Crippen LogP contribution is -2.27. The molecule has 0 aromatic heterocycles. The van der Waals surface area contributed by atoms with Gasteiger partial charge in [0.1, 0.15) is 6.10 Å². The number of esters is 1. The number of rotatable bonds is 2. The normalized spacial score (nSPS) is 24.6. The minimum atomic E-state index is -3.66. The highest BCUT2D eigenvalue weighted by Gasteiger charge is 2.31. The van der Waals surface area contributed by atoms with Crippen molar-refractivity contribution in [2.45, 2.75) is 19.4 Å². The maximum Gasteiger partial charge on any atom is 0.302 e. The van der Waals surface area contributed by atoms with Crippen molar-refractivity contribution in [3.63, 3.8) is 0 Å². The molecule has 1 aliphatic heterocycles. The number of hydrogen-bond donors (Lipinski definition) is 0. The molecule has 1 saturated heterocycles. The SMILES string of the molecule is CC(=O)OC1CCN(S(=O)(=O)Cl)C1. The van der Waals surface area contributed by atoms with Gasteiger partial charge in [-0.05, 0) is 6.42 Å². The first kappa shape index (κ1) is 10.7. The van der Waals surface area contributed by atoms with E-state index in [0.717, 1.165) is 4.31 Å². The van der Waals surface area contributed by atoms with Crippen LogP contribution in [0.3, 0.4) is 0 Å². The molecule has 13 heavy (non-hydrogen) atoms. The average molecular weight is 228 g/mol. The Morgan fingerprint density at radius 2 is 2.23 bits per heavy atom. The molecule has 0 radical (unpaired) electrons. The van der Waals surface area contributed by atoms with Crippen molar-refractivity contribution in [1.29, 1.82) is 0 Å². The second-order valence-corrected chi connectivity index (χ2v) is 5.33. The third kappa shape index (κ3) is 3.13. The Morgan fingerprint density at radius 3 is 2.62 bits per heavy atom. The lowest BCUT2D eigenvalue weighted by atomic mass is 10.3. The number of ether oxygens (including phenoxy) is 1. The van der Waals surface area contributed by atoms with Crippen molar-refractivity contribution in [3.8, 4) is 0 Å². The van der Waals surface area contributed by atoms with Gasteiger partial charge in [0.2, 0.25) is 0 Å². The molecule has 0 aromatic rings. The second kappa shape index (κ2) is 3.81. The van der Waals surface area contributed by atoms with E-state index in [1.807, 2.05) is 0 Å². The highest BCUT2D eigenvalue weighted by atomic mass is 35.7. The molecule has 1 heterocycles. The van der Waals surface area contributed by atoms with Gasteiger partial charge in [-0.1, -0.05) is 0 Å². The Balaban J connectivity index is 2.50. The molecule has 0 spiro atoms. The van der Waals surface area contributed by atoms with Crippen molar-refractivity contribution in [1.82, 2.24) is 4.31 Å². The maximum atomic E-state index is 10.8. The minimum absolute atomic E-state index is 0.158. The van der Waals surface area contributed by atoms with Crippen LogP contribution in [0.4, 0.5) is 0 Å². The first-order chi connectivity index (χ1) is 5.89. The van der Waals surface area contributed by atoms with Crippen LogP contribution in [0.25, 0.3) is 0 Å². The number of carbonyl (C=O) groups excluding carboxylic acids is 1. The van der Waals surface area contributed by atoms with Crippen molar-refractivity contribution >= 4 is 25.9 Å². The fraction of sp³-hybridized carbons (Fsp3) is 0.833. The number of halogens is 1. The van der Waals surface area contributed by atoms with E-state index in [-0.39, 0.29) is 12.6 Å². The smallest absolute Gasteiger partial charge is 0.302 e. The van der Waals surface area contributed by atoms with Gasteiger partial charge in [0.05, 0.1) is 6.54 Å². The molecular formula is C6H10ClNO4S. The molecule has 76 valence electrons. The van der Waals surface area contributed by atoms with E-state index >= 15 is 0 Å². The summed E-state index contributed by atoms with van der Waals surface area (Å²) in [6.07, 6.45) is 0.150. The Hall–Kier alpha value is -0.330. The molecule has 1 atom stereocenters. The van der Waals surface area contributed by atoms with E-state index in [1.165, 1.54) is 6.92 Å². The fourth-order valence-electron chi connectivity index (χ4n) is 1.23. The quantitative estimate of drug-likeness (QED) is 0.496. The molecule has 0 amide bonds. The summed E-state index contributed by atoms with van der Waals surface area (Å²) in [5.74, 6) is -0.404. The Morgan fingerprint density at radius 1 is 1.62 bits per heavy atom. The van der Waals surface area contributed by atoms with E-state index in [4.69, 9.17) is 15.4 Å². The van der Waals surface area contributed by atoms with Gasteiger partial charge < -0.3 is 4.74 Å². The lowest BCUT2D eigenvalue weighted by Gasteiger charge is -2.11. The van der Waals surface area contributed by atoms with Gasteiger partial charge >= 0.3 is 5.97 Å². The summed E-state index contributed by atoms with van der Waals surface area (Å²) in [6, 6.07) is 0. The van der Waals surface area contributed by atoms with Crippen molar-refractivity contribution < 1.29 is 17.9 Å². The number of nitrogens with zero attached hydrogens (tertiary/aromatic N) is 1. The molecule has 1 aliphatic rings. The first-order valence-corrected chi connectivity index (χ1v) is 6.03. The Kier molecular flexibility index (Phi) is 3.15. The predicted octanol–water partition coefficient (Wildman–Crippen LogP) is 0.107. The summed E-state index contributed by atoms with van der Waals surface area (Å²) in [5.41, 5.74) is 0. The van der Waals surface area contributed by atoms with Crippen LogP contribution >= 0.6 is 10.7 Å². The molecule has 0 bridgehead atoms. The third-order valence-electron chi connectivity index (χ3n) is 1.75. The molecule has 1 unspecified atom stereocenters. The van der Waals surface area contributed by atoms with Gasteiger partial charge in [-0.25, -0.2) is 0 Å². The van der Waals surface area contributed by atoms with Crippen LogP contribution in [0.5, 0.6) is 0 Å². The predicted molar refractivity (Wildman–Crippen MR) is 46.5 cm³/mol. The largest absolute Gasteiger partial charge is 0.461 e.